The third-order valence-electron chi connectivity index (χ3n) is 4.04. The average molecular weight is 386 g/mol. The highest BCUT2D eigenvalue weighted by Gasteiger charge is 2.23. The van der Waals surface area contributed by atoms with Gasteiger partial charge in [0.1, 0.15) is 0 Å². The Balaban J connectivity index is 1.86. The number of carbonyl (C=O) groups excluding carboxylic acids is 1. The maximum Gasteiger partial charge on any atom is 0.276 e. The minimum Gasteiger partial charge on any atom is -0.353 e. The van der Waals surface area contributed by atoms with Gasteiger partial charge in [-0.2, -0.15) is 0 Å². The molecule has 0 heterocycles. The third-order valence-corrected chi connectivity index (χ3v) is 4.36. The Morgan fingerprint density at radius 3 is 2.70 bits per heavy atom. The Bertz CT molecular complexity index is 935. The van der Waals surface area contributed by atoms with Gasteiger partial charge in [-0.05, 0) is 43.0 Å². The van der Waals surface area contributed by atoms with Crippen LogP contribution in [0.1, 0.15) is 28.8 Å². The summed E-state index contributed by atoms with van der Waals surface area (Å²) < 4.78 is 0. The van der Waals surface area contributed by atoms with Gasteiger partial charge in [-0.1, -0.05) is 17.5 Å². The third kappa shape index (κ3) is 4.76. The standard InChI is InChI=1S/C19H16ClN3O4/c1-2-12-5-8-17(16(20)9-12)21-18-10-14(23(25)26)6-7-15(18)19(24)22-27-11-13-3-4-13/h1,5-10,13,21H,3-4,11H2,(H,22,24). The van der Waals surface area contributed by atoms with Crippen LogP contribution in [-0.2, 0) is 4.84 Å². The van der Waals surface area contributed by atoms with Crippen molar-refractivity contribution in [2.45, 2.75) is 12.8 Å². The van der Waals surface area contributed by atoms with Crippen LogP contribution in [0, 0.1) is 28.4 Å². The maximum absolute atomic E-state index is 12.4. The van der Waals surface area contributed by atoms with E-state index in [-0.39, 0.29) is 16.9 Å². The molecule has 1 fully saturated rings. The Labute approximate surface area is 160 Å². The summed E-state index contributed by atoms with van der Waals surface area (Å²) in [5, 5.41) is 14.4. The zero-order valence-corrected chi connectivity index (χ0v) is 15.0. The molecule has 0 aliphatic heterocycles. The van der Waals surface area contributed by atoms with Crippen molar-refractivity contribution in [3.63, 3.8) is 0 Å². The molecule has 1 aliphatic rings. The molecule has 2 aromatic rings. The van der Waals surface area contributed by atoms with Crippen LogP contribution in [0.4, 0.5) is 17.1 Å². The summed E-state index contributed by atoms with van der Waals surface area (Å²) in [6.07, 6.45) is 7.52. The molecule has 0 bridgehead atoms. The van der Waals surface area contributed by atoms with Gasteiger partial charge in [-0.3, -0.25) is 19.7 Å². The zero-order chi connectivity index (χ0) is 19.4. The molecule has 1 saturated carbocycles. The van der Waals surface area contributed by atoms with Crippen LogP contribution < -0.4 is 10.8 Å². The molecule has 1 amide bonds. The summed E-state index contributed by atoms with van der Waals surface area (Å²) in [5.41, 5.74) is 3.68. The Kier molecular flexibility index (Phi) is 5.60. The molecule has 1 aliphatic carbocycles. The first-order valence-corrected chi connectivity index (χ1v) is 8.59. The number of non-ortho nitro benzene ring substituents is 1. The van der Waals surface area contributed by atoms with Gasteiger partial charge in [0.05, 0.1) is 33.5 Å². The molecule has 27 heavy (non-hydrogen) atoms. The van der Waals surface area contributed by atoms with Crippen LogP contribution in [0.15, 0.2) is 36.4 Å². The minimum absolute atomic E-state index is 0.163. The number of hydrogen-bond donors (Lipinski definition) is 2. The van der Waals surface area contributed by atoms with E-state index >= 15 is 0 Å². The largest absolute Gasteiger partial charge is 0.353 e. The lowest BCUT2D eigenvalue weighted by atomic mass is 10.1. The van der Waals surface area contributed by atoms with E-state index < -0.39 is 10.8 Å². The second-order valence-electron chi connectivity index (χ2n) is 6.14. The van der Waals surface area contributed by atoms with Crippen LogP contribution in [0.25, 0.3) is 0 Å². The Hall–Kier alpha value is -3.08. The van der Waals surface area contributed by atoms with E-state index in [4.69, 9.17) is 22.9 Å². The fourth-order valence-corrected chi connectivity index (χ4v) is 2.59. The molecular weight excluding hydrogens is 370 g/mol. The number of carbonyl (C=O) groups is 1. The van der Waals surface area contributed by atoms with Crippen molar-refractivity contribution in [2.75, 3.05) is 11.9 Å². The minimum atomic E-state index is -0.542. The summed E-state index contributed by atoms with van der Waals surface area (Å²) in [6, 6.07) is 8.77. The summed E-state index contributed by atoms with van der Waals surface area (Å²) in [6.45, 7) is 0.445. The number of anilines is 2. The van der Waals surface area contributed by atoms with Crippen molar-refractivity contribution in [1.82, 2.24) is 5.48 Å². The highest BCUT2D eigenvalue weighted by molar-refractivity contribution is 6.33. The van der Waals surface area contributed by atoms with E-state index in [1.54, 1.807) is 18.2 Å². The van der Waals surface area contributed by atoms with Gasteiger partial charge in [0.2, 0.25) is 0 Å². The number of hydrogen-bond acceptors (Lipinski definition) is 5. The zero-order valence-electron chi connectivity index (χ0n) is 14.2. The number of hydroxylamine groups is 1. The molecule has 0 aromatic heterocycles. The maximum atomic E-state index is 12.4. The van der Waals surface area contributed by atoms with Crippen LogP contribution >= 0.6 is 11.6 Å². The first-order chi connectivity index (χ1) is 13.0. The van der Waals surface area contributed by atoms with Crippen LogP contribution in [-0.4, -0.2) is 17.4 Å². The van der Waals surface area contributed by atoms with E-state index in [9.17, 15) is 14.9 Å². The van der Waals surface area contributed by atoms with Gasteiger partial charge >= 0.3 is 0 Å². The molecule has 8 heteroatoms. The van der Waals surface area contributed by atoms with Crippen LogP contribution in [0.2, 0.25) is 5.02 Å². The first kappa shape index (κ1) is 18.7. The number of nitro groups is 1. The molecule has 138 valence electrons. The van der Waals surface area contributed by atoms with Gasteiger partial charge in [0.15, 0.2) is 0 Å². The highest BCUT2D eigenvalue weighted by atomic mass is 35.5. The normalized spacial score (nSPS) is 12.9. The number of halogens is 1. The molecule has 2 N–H and O–H groups in total. The van der Waals surface area contributed by atoms with E-state index in [0.717, 1.165) is 12.8 Å². The van der Waals surface area contributed by atoms with Crippen molar-refractivity contribution < 1.29 is 14.6 Å². The lowest BCUT2D eigenvalue weighted by Crippen LogP contribution is -2.25. The summed E-state index contributed by atoms with van der Waals surface area (Å²) in [7, 11) is 0. The monoisotopic (exact) mass is 385 g/mol. The number of nitrogens with one attached hydrogen (secondary N) is 2. The second-order valence-corrected chi connectivity index (χ2v) is 6.54. The predicted molar refractivity (Wildman–Crippen MR) is 102 cm³/mol. The van der Waals surface area contributed by atoms with E-state index in [2.05, 4.69) is 16.7 Å². The number of amides is 1. The SMILES string of the molecule is C#Cc1ccc(Nc2cc([N+](=O)[O-])ccc2C(=O)NOCC2CC2)c(Cl)c1. The molecule has 7 nitrogen and oxygen atoms in total. The average Bonchev–Trinajstić information content (AvgIpc) is 3.47. The molecule has 0 atom stereocenters. The van der Waals surface area contributed by atoms with Crippen LogP contribution in [0.3, 0.4) is 0 Å². The van der Waals surface area contributed by atoms with Crippen molar-refractivity contribution in [3.8, 4) is 12.3 Å². The van der Waals surface area contributed by atoms with Crippen LogP contribution in [0.5, 0.6) is 0 Å². The molecule has 0 spiro atoms. The lowest BCUT2D eigenvalue weighted by molar-refractivity contribution is -0.384. The molecular formula is C19H16ClN3O4. The molecule has 0 radical (unpaired) electrons. The van der Waals surface area contributed by atoms with E-state index in [1.807, 2.05) is 0 Å². The van der Waals surface area contributed by atoms with Gasteiger partial charge in [-0.25, -0.2) is 5.48 Å². The summed E-state index contributed by atoms with van der Waals surface area (Å²) in [4.78, 5) is 28.2. The van der Waals surface area contributed by atoms with E-state index in [0.29, 0.717) is 28.8 Å². The lowest BCUT2D eigenvalue weighted by Gasteiger charge is -2.13. The first-order valence-electron chi connectivity index (χ1n) is 8.21. The quantitative estimate of drug-likeness (QED) is 0.426. The van der Waals surface area contributed by atoms with Crippen molar-refractivity contribution in [1.29, 1.82) is 0 Å². The van der Waals surface area contributed by atoms with Gasteiger partial charge in [0, 0.05) is 17.7 Å². The Morgan fingerprint density at radius 1 is 1.30 bits per heavy atom. The van der Waals surface area contributed by atoms with E-state index in [1.165, 1.54) is 18.2 Å². The molecule has 3 rings (SSSR count). The molecule has 0 saturated heterocycles. The fraction of sp³-hybridized carbons (Fsp3) is 0.211. The smallest absolute Gasteiger partial charge is 0.276 e. The molecule has 2 aromatic carbocycles. The van der Waals surface area contributed by atoms with Gasteiger partial charge in [-0.15, -0.1) is 6.42 Å². The molecule has 0 unspecified atom stereocenters. The predicted octanol–water partition coefficient (Wildman–Crippen LogP) is 4.04. The fourth-order valence-electron chi connectivity index (χ4n) is 2.36. The highest BCUT2D eigenvalue weighted by Crippen LogP contribution is 2.31. The van der Waals surface area contributed by atoms with Gasteiger partial charge in [0.25, 0.3) is 11.6 Å². The number of nitrogens with zero attached hydrogens (tertiary/aromatic N) is 1. The number of benzene rings is 2. The second kappa shape index (κ2) is 8.08. The Morgan fingerprint density at radius 2 is 2.07 bits per heavy atom. The van der Waals surface area contributed by atoms with Crippen molar-refractivity contribution in [2.24, 2.45) is 5.92 Å². The van der Waals surface area contributed by atoms with Crippen molar-refractivity contribution in [3.05, 3.63) is 62.7 Å². The number of terminal acetylenes is 1. The summed E-state index contributed by atoms with van der Waals surface area (Å²) >= 11 is 6.20. The van der Waals surface area contributed by atoms with Crippen molar-refractivity contribution >= 4 is 34.6 Å². The number of nitro benzene ring substituents is 1. The topological polar surface area (TPSA) is 93.5 Å². The number of rotatable bonds is 7. The van der Waals surface area contributed by atoms with Gasteiger partial charge < -0.3 is 5.32 Å². The summed E-state index contributed by atoms with van der Waals surface area (Å²) in [5.74, 6) is 2.44.